The summed E-state index contributed by atoms with van der Waals surface area (Å²) in [5.74, 6) is 0.477. The average Bonchev–Trinajstić information content (AvgIpc) is 2.68. The average molecular weight is 156 g/mol. The van der Waals surface area contributed by atoms with Crippen LogP contribution in [-0.4, -0.2) is 0 Å². The van der Waals surface area contributed by atoms with Gasteiger partial charge in [0.25, 0.3) is 0 Å². The summed E-state index contributed by atoms with van der Waals surface area (Å²) in [6, 6.07) is 0. The summed E-state index contributed by atoms with van der Waals surface area (Å²) in [5, 5.41) is 0. The van der Waals surface area contributed by atoms with Crippen LogP contribution >= 0.6 is 0 Å². The van der Waals surface area contributed by atoms with Crippen LogP contribution in [0.2, 0.25) is 0 Å². The molecule has 1 aromatic heterocycles. The van der Waals surface area contributed by atoms with Crippen molar-refractivity contribution in [1.82, 2.24) is 0 Å². The van der Waals surface area contributed by atoms with Gasteiger partial charge in [0.05, 0.1) is 0 Å². The number of hydrogen-bond donors (Lipinski definition) is 0. The maximum absolute atomic E-state index is 10.2. The first-order valence-electron chi connectivity index (χ1n) is 3.77. The topological polar surface area (TPSA) is 43.4 Å². The van der Waals surface area contributed by atoms with Crippen LogP contribution in [0.4, 0.5) is 0 Å². The van der Waals surface area contributed by atoms with E-state index in [9.17, 15) is 4.79 Å². The number of aryl methyl sites for hydroxylation is 2. The highest BCUT2D eigenvalue weighted by molar-refractivity contribution is 4.95. The molecule has 62 valence electrons. The second-order valence-electron chi connectivity index (χ2n) is 2.63. The highest BCUT2D eigenvalue weighted by Gasteiger charge is 1.99. The first-order chi connectivity index (χ1) is 5.20. The van der Waals surface area contributed by atoms with E-state index in [0.717, 1.165) is 0 Å². The van der Waals surface area contributed by atoms with Crippen LogP contribution in [0.3, 0.4) is 0 Å². The van der Waals surface area contributed by atoms with Crippen LogP contribution in [0, 0.1) is 13.8 Å². The van der Waals surface area contributed by atoms with Gasteiger partial charge in [0.2, 0.25) is 0 Å². The van der Waals surface area contributed by atoms with Crippen molar-refractivity contribution in [3.63, 3.8) is 0 Å². The Balaban J connectivity index is 0.000000167. The largest absolute Gasteiger partial charge is 0.518 e. The highest BCUT2D eigenvalue weighted by atomic mass is 16.6. The summed E-state index contributed by atoms with van der Waals surface area (Å²) in [6.45, 7) is 3.36. The van der Waals surface area contributed by atoms with Crippen molar-refractivity contribution in [3.05, 3.63) is 22.1 Å². The normalized spacial score (nSPS) is 13.6. The van der Waals surface area contributed by atoms with E-state index in [2.05, 4.69) is 8.83 Å². The maximum atomic E-state index is 10.2. The Morgan fingerprint density at radius 3 is 1.45 bits per heavy atom. The molecule has 0 saturated heterocycles. The first kappa shape index (κ1) is 8.11. The van der Waals surface area contributed by atoms with Gasteiger partial charge in [-0.05, 0) is 13.8 Å². The Kier molecular flexibility index (Phi) is 2.52. The van der Waals surface area contributed by atoms with Crippen LogP contribution in [0.15, 0.2) is 13.6 Å². The SMILES string of the molecule is C1CC1.Cc1oc(=O)oc1C. The minimum Gasteiger partial charge on any atom is -0.396 e. The molecule has 1 aliphatic rings. The van der Waals surface area contributed by atoms with Gasteiger partial charge in [-0.1, -0.05) is 19.3 Å². The fourth-order valence-corrected chi connectivity index (χ4v) is 0.415. The van der Waals surface area contributed by atoms with Gasteiger partial charge >= 0.3 is 5.82 Å². The van der Waals surface area contributed by atoms with Gasteiger partial charge in [-0.25, -0.2) is 4.79 Å². The summed E-state index contributed by atoms with van der Waals surface area (Å²) in [7, 11) is 0. The molecule has 0 radical (unpaired) electrons. The van der Waals surface area contributed by atoms with Gasteiger partial charge in [-0.3, -0.25) is 0 Å². The lowest BCUT2D eigenvalue weighted by molar-refractivity contribution is 0.373. The molecular formula is C8H12O3. The molecule has 1 heterocycles. The third kappa shape index (κ3) is 3.07. The molecule has 1 fully saturated rings. The van der Waals surface area contributed by atoms with Crippen molar-refractivity contribution >= 4 is 0 Å². The van der Waals surface area contributed by atoms with Crippen molar-refractivity contribution in [3.8, 4) is 0 Å². The Bertz CT molecular complexity index is 242. The molecule has 3 nitrogen and oxygen atoms in total. The zero-order valence-electron chi connectivity index (χ0n) is 6.85. The summed E-state index contributed by atoms with van der Waals surface area (Å²) in [6.07, 6.45) is 4.50. The lowest BCUT2D eigenvalue weighted by Gasteiger charge is -1.74. The summed E-state index contributed by atoms with van der Waals surface area (Å²) in [5.41, 5.74) is 0. The van der Waals surface area contributed by atoms with E-state index in [0.29, 0.717) is 11.5 Å². The second-order valence-corrected chi connectivity index (χ2v) is 2.63. The van der Waals surface area contributed by atoms with Crippen LogP contribution in [-0.2, 0) is 0 Å². The predicted molar refractivity (Wildman–Crippen MR) is 40.6 cm³/mol. The molecule has 0 atom stereocenters. The molecule has 0 amide bonds. The lowest BCUT2D eigenvalue weighted by Crippen LogP contribution is -1.85. The van der Waals surface area contributed by atoms with E-state index in [1.165, 1.54) is 19.3 Å². The minimum atomic E-state index is -0.625. The molecule has 1 saturated carbocycles. The quantitative estimate of drug-likeness (QED) is 0.577. The van der Waals surface area contributed by atoms with Gasteiger partial charge in [0.1, 0.15) is 11.5 Å². The summed E-state index contributed by atoms with van der Waals surface area (Å²) >= 11 is 0. The van der Waals surface area contributed by atoms with Crippen molar-refractivity contribution in [2.75, 3.05) is 0 Å². The van der Waals surface area contributed by atoms with Crippen LogP contribution in [0.25, 0.3) is 0 Å². The van der Waals surface area contributed by atoms with Crippen molar-refractivity contribution in [2.45, 2.75) is 33.1 Å². The van der Waals surface area contributed by atoms with E-state index in [-0.39, 0.29) is 0 Å². The van der Waals surface area contributed by atoms with Crippen molar-refractivity contribution in [1.29, 1.82) is 0 Å². The molecular weight excluding hydrogens is 144 g/mol. The smallest absolute Gasteiger partial charge is 0.396 e. The van der Waals surface area contributed by atoms with Gasteiger partial charge in [0, 0.05) is 0 Å². The monoisotopic (exact) mass is 156 g/mol. The number of rotatable bonds is 0. The van der Waals surface area contributed by atoms with E-state index in [4.69, 9.17) is 0 Å². The van der Waals surface area contributed by atoms with Gasteiger partial charge < -0.3 is 8.83 Å². The molecule has 1 aromatic rings. The second kappa shape index (κ2) is 3.42. The summed E-state index contributed by atoms with van der Waals surface area (Å²) in [4.78, 5) is 10.2. The van der Waals surface area contributed by atoms with Crippen LogP contribution in [0.5, 0.6) is 0 Å². The van der Waals surface area contributed by atoms with Gasteiger partial charge in [-0.15, -0.1) is 0 Å². The van der Waals surface area contributed by atoms with Gasteiger partial charge in [0.15, 0.2) is 0 Å². The zero-order chi connectivity index (χ0) is 8.27. The van der Waals surface area contributed by atoms with E-state index in [1.54, 1.807) is 13.8 Å². The number of hydrogen-bond acceptors (Lipinski definition) is 3. The molecule has 0 spiro atoms. The Hall–Kier alpha value is -0.990. The third-order valence-electron chi connectivity index (χ3n) is 1.32. The molecule has 0 aliphatic heterocycles. The highest BCUT2D eigenvalue weighted by Crippen LogP contribution is 2.14. The summed E-state index contributed by atoms with van der Waals surface area (Å²) < 4.78 is 8.98. The van der Waals surface area contributed by atoms with E-state index in [1.807, 2.05) is 0 Å². The first-order valence-corrected chi connectivity index (χ1v) is 3.77. The zero-order valence-corrected chi connectivity index (χ0v) is 6.85. The van der Waals surface area contributed by atoms with Crippen LogP contribution in [0.1, 0.15) is 30.8 Å². The Morgan fingerprint density at radius 2 is 1.36 bits per heavy atom. The maximum Gasteiger partial charge on any atom is 0.518 e. The minimum absolute atomic E-state index is 0.551. The fraction of sp³-hybridized carbons (Fsp3) is 0.625. The molecule has 11 heavy (non-hydrogen) atoms. The molecule has 1 aliphatic carbocycles. The molecule has 2 rings (SSSR count). The fourth-order valence-electron chi connectivity index (χ4n) is 0.415. The Labute approximate surface area is 65.0 Å². The molecule has 0 bridgehead atoms. The van der Waals surface area contributed by atoms with Crippen molar-refractivity contribution < 1.29 is 8.83 Å². The molecule has 0 unspecified atom stereocenters. The Morgan fingerprint density at radius 1 is 1.00 bits per heavy atom. The molecule has 0 N–H and O–H groups in total. The van der Waals surface area contributed by atoms with Crippen molar-refractivity contribution in [2.24, 2.45) is 0 Å². The lowest BCUT2D eigenvalue weighted by atomic mass is 10.4. The molecule has 3 heteroatoms. The van der Waals surface area contributed by atoms with E-state index >= 15 is 0 Å². The van der Waals surface area contributed by atoms with Gasteiger partial charge in [-0.2, -0.15) is 0 Å². The standard InChI is InChI=1S/C5H6O3.C3H6/c1-3-4(2)8-5(6)7-3;1-2-3-1/h1-2H3;1-3H2. The molecule has 0 aromatic carbocycles. The van der Waals surface area contributed by atoms with Crippen LogP contribution < -0.4 is 5.82 Å². The third-order valence-corrected chi connectivity index (χ3v) is 1.32. The van der Waals surface area contributed by atoms with E-state index < -0.39 is 5.82 Å². The predicted octanol–water partition coefficient (Wildman–Crippen LogP) is 2.02.